The molecule has 2 N–H and O–H groups in total. The van der Waals surface area contributed by atoms with Crippen LogP contribution in [0.4, 0.5) is 0 Å². The third kappa shape index (κ3) is 3.41. The molecule has 0 radical (unpaired) electrons. The number of thiophene rings is 1. The van der Waals surface area contributed by atoms with Gasteiger partial charge in [0.1, 0.15) is 5.82 Å². The number of hydrogen-bond acceptors (Lipinski definition) is 3. The van der Waals surface area contributed by atoms with E-state index in [1.54, 1.807) is 11.3 Å². The maximum Gasteiger partial charge on any atom is 0.110 e. The minimum Gasteiger partial charge on any atom is -0.335 e. The SMILES string of the molecule is CCCn1ccnc1CC(N)Cc1cccs1. The summed E-state index contributed by atoms with van der Waals surface area (Å²) >= 11 is 1.77. The van der Waals surface area contributed by atoms with Crippen LogP contribution in [0.5, 0.6) is 0 Å². The maximum absolute atomic E-state index is 6.17. The predicted octanol–water partition coefficient (Wildman–Crippen LogP) is 2.47. The van der Waals surface area contributed by atoms with Gasteiger partial charge in [-0.3, -0.25) is 0 Å². The van der Waals surface area contributed by atoms with Crippen molar-refractivity contribution in [3.8, 4) is 0 Å². The topological polar surface area (TPSA) is 43.8 Å². The highest BCUT2D eigenvalue weighted by Gasteiger charge is 2.10. The summed E-state index contributed by atoms with van der Waals surface area (Å²) in [4.78, 5) is 5.74. The van der Waals surface area contributed by atoms with Crippen molar-refractivity contribution in [3.63, 3.8) is 0 Å². The van der Waals surface area contributed by atoms with E-state index in [1.165, 1.54) is 4.88 Å². The number of hydrogen-bond donors (Lipinski definition) is 1. The van der Waals surface area contributed by atoms with Gasteiger partial charge < -0.3 is 10.3 Å². The van der Waals surface area contributed by atoms with E-state index in [9.17, 15) is 0 Å². The van der Waals surface area contributed by atoms with Gasteiger partial charge in [0.25, 0.3) is 0 Å². The number of imidazole rings is 1. The van der Waals surface area contributed by atoms with Gasteiger partial charge in [-0.05, 0) is 24.3 Å². The fourth-order valence-electron chi connectivity index (χ4n) is 1.97. The molecule has 2 heterocycles. The summed E-state index contributed by atoms with van der Waals surface area (Å²) in [5.41, 5.74) is 6.17. The largest absolute Gasteiger partial charge is 0.335 e. The average molecular weight is 249 g/mol. The van der Waals surface area contributed by atoms with Gasteiger partial charge in [-0.15, -0.1) is 11.3 Å². The van der Waals surface area contributed by atoms with Crippen LogP contribution in [0.1, 0.15) is 24.0 Å². The first-order valence-electron chi connectivity index (χ1n) is 6.07. The number of aromatic nitrogens is 2. The van der Waals surface area contributed by atoms with Crippen molar-refractivity contribution < 1.29 is 0 Å². The van der Waals surface area contributed by atoms with Gasteiger partial charge in [-0.25, -0.2) is 4.98 Å². The Kier molecular flexibility index (Phi) is 4.34. The standard InChI is InChI=1S/C13H19N3S/c1-2-6-16-7-5-15-13(16)10-11(14)9-12-4-3-8-17-12/h3-5,7-8,11H,2,6,9-10,14H2,1H3. The van der Waals surface area contributed by atoms with Crippen molar-refractivity contribution >= 4 is 11.3 Å². The van der Waals surface area contributed by atoms with Crippen molar-refractivity contribution in [1.29, 1.82) is 0 Å². The first-order valence-corrected chi connectivity index (χ1v) is 6.95. The minimum atomic E-state index is 0.159. The molecule has 0 saturated carbocycles. The van der Waals surface area contributed by atoms with Crippen molar-refractivity contribution in [1.82, 2.24) is 9.55 Å². The second-order valence-corrected chi connectivity index (χ2v) is 5.32. The Balaban J connectivity index is 1.93. The van der Waals surface area contributed by atoms with Gasteiger partial charge >= 0.3 is 0 Å². The lowest BCUT2D eigenvalue weighted by Gasteiger charge is -2.11. The van der Waals surface area contributed by atoms with Crippen LogP contribution in [-0.4, -0.2) is 15.6 Å². The van der Waals surface area contributed by atoms with Crippen LogP contribution in [0.3, 0.4) is 0 Å². The summed E-state index contributed by atoms with van der Waals surface area (Å²) in [5, 5.41) is 2.10. The first-order chi connectivity index (χ1) is 8.29. The van der Waals surface area contributed by atoms with E-state index in [-0.39, 0.29) is 6.04 Å². The summed E-state index contributed by atoms with van der Waals surface area (Å²) in [6.07, 6.45) is 6.82. The Hall–Kier alpha value is -1.13. The fourth-order valence-corrected chi connectivity index (χ4v) is 2.77. The number of nitrogens with zero attached hydrogens (tertiary/aromatic N) is 2. The Labute approximate surface area is 106 Å². The van der Waals surface area contributed by atoms with Crippen LogP contribution >= 0.6 is 11.3 Å². The monoisotopic (exact) mass is 249 g/mol. The minimum absolute atomic E-state index is 0.159. The number of nitrogens with two attached hydrogens (primary N) is 1. The van der Waals surface area contributed by atoms with Gasteiger partial charge in [0, 0.05) is 36.3 Å². The van der Waals surface area contributed by atoms with Crippen LogP contribution in [0.2, 0.25) is 0 Å². The molecule has 1 unspecified atom stereocenters. The molecule has 4 heteroatoms. The molecule has 0 aromatic carbocycles. The van der Waals surface area contributed by atoms with E-state index in [2.05, 4.69) is 34.0 Å². The van der Waals surface area contributed by atoms with Gasteiger partial charge in [0.15, 0.2) is 0 Å². The second kappa shape index (κ2) is 5.98. The summed E-state index contributed by atoms with van der Waals surface area (Å²) in [6.45, 7) is 3.20. The van der Waals surface area contributed by atoms with Crippen LogP contribution in [-0.2, 0) is 19.4 Å². The van der Waals surface area contributed by atoms with Gasteiger partial charge in [0.05, 0.1) is 0 Å². The molecule has 3 nitrogen and oxygen atoms in total. The first kappa shape index (κ1) is 12.3. The summed E-state index contributed by atoms with van der Waals surface area (Å²) in [6, 6.07) is 4.38. The van der Waals surface area contributed by atoms with Gasteiger partial charge in [0.2, 0.25) is 0 Å². The quantitative estimate of drug-likeness (QED) is 0.854. The number of aryl methyl sites for hydroxylation is 1. The van der Waals surface area contributed by atoms with E-state index < -0.39 is 0 Å². The molecule has 0 fully saturated rings. The summed E-state index contributed by atoms with van der Waals surface area (Å²) < 4.78 is 2.20. The zero-order valence-corrected chi connectivity index (χ0v) is 11.0. The van der Waals surface area contributed by atoms with Gasteiger partial charge in [-0.2, -0.15) is 0 Å². The third-order valence-electron chi connectivity index (χ3n) is 2.75. The molecular weight excluding hydrogens is 230 g/mol. The molecule has 0 aliphatic carbocycles. The normalized spacial score (nSPS) is 12.8. The molecule has 0 aliphatic heterocycles. The van der Waals surface area contributed by atoms with E-state index in [4.69, 9.17) is 5.73 Å². The molecule has 92 valence electrons. The molecule has 0 saturated heterocycles. The summed E-state index contributed by atoms with van der Waals surface area (Å²) in [5.74, 6) is 1.11. The van der Waals surface area contributed by atoms with Gasteiger partial charge in [-0.1, -0.05) is 13.0 Å². The van der Waals surface area contributed by atoms with Crippen LogP contribution < -0.4 is 5.73 Å². The lowest BCUT2D eigenvalue weighted by Crippen LogP contribution is -2.26. The highest BCUT2D eigenvalue weighted by molar-refractivity contribution is 7.09. The molecule has 2 aromatic heterocycles. The predicted molar refractivity (Wildman–Crippen MR) is 72.2 cm³/mol. The third-order valence-corrected chi connectivity index (χ3v) is 3.65. The molecule has 0 spiro atoms. The zero-order chi connectivity index (χ0) is 12.1. The number of rotatable bonds is 6. The Bertz CT molecular complexity index is 433. The lowest BCUT2D eigenvalue weighted by molar-refractivity contribution is 0.584. The van der Waals surface area contributed by atoms with E-state index in [1.807, 2.05) is 12.4 Å². The smallest absolute Gasteiger partial charge is 0.110 e. The zero-order valence-electron chi connectivity index (χ0n) is 10.2. The Morgan fingerprint density at radius 2 is 2.35 bits per heavy atom. The highest BCUT2D eigenvalue weighted by atomic mass is 32.1. The molecule has 2 rings (SSSR count). The lowest BCUT2D eigenvalue weighted by atomic mass is 10.1. The highest BCUT2D eigenvalue weighted by Crippen LogP contribution is 2.12. The molecule has 2 aromatic rings. The fraction of sp³-hybridized carbons (Fsp3) is 0.462. The van der Waals surface area contributed by atoms with Crippen molar-refractivity contribution in [2.45, 2.75) is 38.8 Å². The van der Waals surface area contributed by atoms with E-state index in [0.717, 1.165) is 31.6 Å². The molecule has 0 aliphatic rings. The van der Waals surface area contributed by atoms with Crippen LogP contribution in [0.25, 0.3) is 0 Å². The Morgan fingerprint density at radius 3 is 3.06 bits per heavy atom. The summed E-state index contributed by atoms with van der Waals surface area (Å²) in [7, 11) is 0. The van der Waals surface area contributed by atoms with Crippen molar-refractivity contribution in [3.05, 3.63) is 40.6 Å². The van der Waals surface area contributed by atoms with Crippen molar-refractivity contribution in [2.24, 2.45) is 5.73 Å². The van der Waals surface area contributed by atoms with Crippen LogP contribution in [0.15, 0.2) is 29.9 Å². The Morgan fingerprint density at radius 1 is 1.47 bits per heavy atom. The van der Waals surface area contributed by atoms with Crippen LogP contribution in [0, 0.1) is 0 Å². The maximum atomic E-state index is 6.17. The molecule has 0 bridgehead atoms. The van der Waals surface area contributed by atoms with Crippen molar-refractivity contribution in [2.75, 3.05) is 0 Å². The second-order valence-electron chi connectivity index (χ2n) is 4.28. The molecule has 17 heavy (non-hydrogen) atoms. The molecular formula is C13H19N3S. The molecule has 0 amide bonds. The molecule has 1 atom stereocenters. The average Bonchev–Trinajstić information content (AvgIpc) is 2.92. The van der Waals surface area contributed by atoms with E-state index in [0.29, 0.717) is 0 Å². The van der Waals surface area contributed by atoms with E-state index >= 15 is 0 Å².